The minimum atomic E-state index is -1.24. The second-order valence-corrected chi connectivity index (χ2v) is 5.59. The highest BCUT2D eigenvalue weighted by molar-refractivity contribution is 6.42. The van der Waals surface area contributed by atoms with Gasteiger partial charge in [-0.15, -0.1) is 0 Å². The van der Waals surface area contributed by atoms with Gasteiger partial charge in [-0.05, 0) is 25.5 Å². The highest BCUT2D eigenvalue weighted by Crippen LogP contribution is 2.33. The summed E-state index contributed by atoms with van der Waals surface area (Å²) in [6.07, 6.45) is 0. The fourth-order valence-electron chi connectivity index (χ4n) is 1.58. The molecule has 18 heavy (non-hydrogen) atoms. The summed E-state index contributed by atoms with van der Waals surface area (Å²) in [6, 6.07) is 5.01. The number of hydrogen-bond acceptors (Lipinski definition) is 2. The van der Waals surface area contributed by atoms with E-state index in [2.05, 4.69) is 5.32 Å². The maximum absolute atomic E-state index is 11.5. The number of nitrogens with one attached hydrogen (secondary N) is 1. The normalized spacial score (nSPS) is 14.6. The smallest absolute Gasteiger partial charge is 0.328 e. The SMILES string of the molecule is CC(C)CNC(C)(C(=O)O)c1cccc(Cl)c1Cl. The van der Waals surface area contributed by atoms with E-state index in [9.17, 15) is 9.90 Å². The Balaban J connectivity index is 3.19. The van der Waals surface area contributed by atoms with Crippen LogP contribution >= 0.6 is 23.2 Å². The Kier molecular flexibility index (Phi) is 5.02. The van der Waals surface area contributed by atoms with Gasteiger partial charge in [-0.2, -0.15) is 0 Å². The number of halogens is 2. The molecule has 1 rings (SSSR count). The van der Waals surface area contributed by atoms with Gasteiger partial charge < -0.3 is 5.11 Å². The topological polar surface area (TPSA) is 49.3 Å². The lowest BCUT2D eigenvalue weighted by molar-refractivity contribution is -0.144. The Hall–Kier alpha value is -0.770. The van der Waals surface area contributed by atoms with Crippen LogP contribution < -0.4 is 5.32 Å². The molecule has 0 bridgehead atoms. The number of rotatable bonds is 5. The van der Waals surface area contributed by atoms with E-state index in [0.717, 1.165) is 0 Å². The fourth-order valence-corrected chi connectivity index (χ4v) is 2.07. The summed E-state index contributed by atoms with van der Waals surface area (Å²) in [5, 5.41) is 13.1. The van der Waals surface area contributed by atoms with Gasteiger partial charge in [-0.1, -0.05) is 49.2 Å². The number of aliphatic carboxylic acids is 1. The fraction of sp³-hybridized carbons (Fsp3) is 0.462. The number of carbonyl (C=O) groups is 1. The van der Waals surface area contributed by atoms with Crippen LogP contribution in [0.3, 0.4) is 0 Å². The summed E-state index contributed by atoms with van der Waals surface area (Å²) in [7, 11) is 0. The van der Waals surface area contributed by atoms with Gasteiger partial charge >= 0.3 is 5.97 Å². The predicted molar refractivity (Wildman–Crippen MR) is 74.3 cm³/mol. The van der Waals surface area contributed by atoms with E-state index in [0.29, 0.717) is 23.0 Å². The Labute approximate surface area is 117 Å². The van der Waals surface area contributed by atoms with Crippen LogP contribution in [0.4, 0.5) is 0 Å². The quantitative estimate of drug-likeness (QED) is 0.872. The van der Waals surface area contributed by atoms with Gasteiger partial charge in [0.2, 0.25) is 0 Å². The van der Waals surface area contributed by atoms with Crippen molar-refractivity contribution in [2.24, 2.45) is 5.92 Å². The van der Waals surface area contributed by atoms with E-state index in [1.54, 1.807) is 25.1 Å². The summed E-state index contributed by atoms with van der Waals surface area (Å²) in [4.78, 5) is 11.5. The van der Waals surface area contributed by atoms with Gasteiger partial charge in [0.1, 0.15) is 5.54 Å². The van der Waals surface area contributed by atoms with Crippen molar-refractivity contribution in [2.45, 2.75) is 26.3 Å². The molecule has 0 fully saturated rings. The molecule has 0 aliphatic heterocycles. The van der Waals surface area contributed by atoms with Crippen molar-refractivity contribution >= 4 is 29.2 Å². The van der Waals surface area contributed by atoms with Crippen LogP contribution in [0.2, 0.25) is 10.0 Å². The molecule has 2 N–H and O–H groups in total. The molecule has 1 aromatic rings. The van der Waals surface area contributed by atoms with Crippen LogP contribution in [-0.4, -0.2) is 17.6 Å². The summed E-state index contributed by atoms with van der Waals surface area (Å²) in [5.74, 6) is -0.644. The highest BCUT2D eigenvalue weighted by atomic mass is 35.5. The van der Waals surface area contributed by atoms with Gasteiger partial charge in [0.15, 0.2) is 0 Å². The molecule has 0 spiro atoms. The van der Waals surface area contributed by atoms with Gasteiger partial charge in [-0.25, -0.2) is 4.79 Å². The van der Waals surface area contributed by atoms with Crippen LogP contribution in [-0.2, 0) is 10.3 Å². The van der Waals surface area contributed by atoms with E-state index in [1.807, 2.05) is 13.8 Å². The molecular weight excluding hydrogens is 273 g/mol. The van der Waals surface area contributed by atoms with E-state index in [4.69, 9.17) is 23.2 Å². The summed E-state index contributed by atoms with van der Waals surface area (Å²) in [6.45, 7) is 6.19. The van der Waals surface area contributed by atoms with Crippen molar-refractivity contribution in [1.82, 2.24) is 5.32 Å². The molecule has 0 aromatic heterocycles. The molecule has 1 aromatic carbocycles. The van der Waals surface area contributed by atoms with Gasteiger partial charge in [0.25, 0.3) is 0 Å². The van der Waals surface area contributed by atoms with Crippen molar-refractivity contribution in [1.29, 1.82) is 0 Å². The molecule has 0 heterocycles. The zero-order valence-corrected chi connectivity index (χ0v) is 12.1. The average Bonchev–Trinajstić information content (AvgIpc) is 2.29. The number of carboxylic acid groups (broad SMARTS) is 1. The third kappa shape index (κ3) is 3.16. The van der Waals surface area contributed by atoms with Crippen molar-refractivity contribution in [2.75, 3.05) is 6.54 Å². The van der Waals surface area contributed by atoms with Crippen molar-refractivity contribution in [3.05, 3.63) is 33.8 Å². The molecule has 100 valence electrons. The lowest BCUT2D eigenvalue weighted by Crippen LogP contribution is -2.48. The van der Waals surface area contributed by atoms with E-state index >= 15 is 0 Å². The molecule has 3 nitrogen and oxygen atoms in total. The molecule has 0 saturated carbocycles. The predicted octanol–water partition coefficient (Wildman–Crippen LogP) is 3.54. The van der Waals surface area contributed by atoms with Crippen molar-refractivity contribution < 1.29 is 9.90 Å². The number of carboxylic acids is 1. The van der Waals surface area contributed by atoms with Crippen molar-refractivity contribution in [3.8, 4) is 0 Å². The molecule has 0 radical (unpaired) electrons. The molecule has 0 aliphatic rings. The second kappa shape index (κ2) is 5.91. The first-order valence-corrected chi connectivity index (χ1v) is 6.47. The zero-order chi connectivity index (χ0) is 13.9. The van der Waals surface area contributed by atoms with Crippen LogP contribution in [0.1, 0.15) is 26.3 Å². The minimum Gasteiger partial charge on any atom is -0.480 e. The molecule has 0 saturated heterocycles. The molecule has 1 unspecified atom stereocenters. The monoisotopic (exact) mass is 289 g/mol. The van der Waals surface area contributed by atoms with Gasteiger partial charge in [0, 0.05) is 5.56 Å². The van der Waals surface area contributed by atoms with Crippen LogP contribution in [0.25, 0.3) is 0 Å². The maximum Gasteiger partial charge on any atom is 0.328 e. The maximum atomic E-state index is 11.5. The first-order valence-electron chi connectivity index (χ1n) is 5.72. The van der Waals surface area contributed by atoms with E-state index < -0.39 is 11.5 Å². The van der Waals surface area contributed by atoms with Crippen LogP contribution in [0, 0.1) is 5.92 Å². The standard InChI is InChI=1S/C13H17Cl2NO2/c1-8(2)7-16-13(3,12(17)18)9-5-4-6-10(14)11(9)15/h4-6,8,16H,7H2,1-3H3,(H,17,18). The molecular formula is C13H17Cl2NO2. The largest absolute Gasteiger partial charge is 0.480 e. The molecule has 1 atom stereocenters. The first kappa shape index (κ1) is 15.3. The Bertz CT molecular complexity index is 449. The van der Waals surface area contributed by atoms with Crippen LogP contribution in [0.5, 0.6) is 0 Å². The third-order valence-electron chi connectivity index (χ3n) is 2.78. The average molecular weight is 290 g/mol. The van der Waals surface area contributed by atoms with Gasteiger partial charge in [-0.3, -0.25) is 5.32 Å². The minimum absolute atomic E-state index is 0.278. The lowest BCUT2D eigenvalue weighted by Gasteiger charge is -2.29. The first-order chi connectivity index (χ1) is 8.29. The number of hydrogen-bond donors (Lipinski definition) is 2. The van der Waals surface area contributed by atoms with Crippen molar-refractivity contribution in [3.63, 3.8) is 0 Å². The highest BCUT2D eigenvalue weighted by Gasteiger charge is 2.37. The Morgan fingerprint density at radius 1 is 1.44 bits per heavy atom. The lowest BCUT2D eigenvalue weighted by atomic mass is 9.91. The zero-order valence-electron chi connectivity index (χ0n) is 10.6. The number of benzene rings is 1. The van der Waals surface area contributed by atoms with E-state index in [-0.39, 0.29) is 5.02 Å². The molecule has 5 heteroatoms. The Morgan fingerprint density at radius 2 is 2.06 bits per heavy atom. The molecule has 0 amide bonds. The summed E-state index contributed by atoms with van der Waals surface area (Å²) in [5.41, 5.74) is -0.767. The Morgan fingerprint density at radius 3 is 2.56 bits per heavy atom. The molecule has 0 aliphatic carbocycles. The van der Waals surface area contributed by atoms with Crippen LogP contribution in [0.15, 0.2) is 18.2 Å². The second-order valence-electron chi connectivity index (χ2n) is 4.81. The summed E-state index contributed by atoms with van der Waals surface area (Å²) >= 11 is 12.0. The third-order valence-corrected chi connectivity index (χ3v) is 3.60. The summed E-state index contributed by atoms with van der Waals surface area (Å²) < 4.78 is 0. The van der Waals surface area contributed by atoms with Gasteiger partial charge in [0.05, 0.1) is 10.0 Å². The van der Waals surface area contributed by atoms with E-state index in [1.165, 1.54) is 0 Å².